The third-order valence-corrected chi connectivity index (χ3v) is 6.56. The van der Waals surface area contributed by atoms with Gasteiger partial charge in [0, 0.05) is 36.2 Å². The lowest BCUT2D eigenvalue weighted by Crippen LogP contribution is -2.38. The molecule has 1 N–H and O–H groups in total. The van der Waals surface area contributed by atoms with Crippen molar-refractivity contribution in [3.8, 4) is 0 Å². The Bertz CT molecular complexity index is 1010. The lowest BCUT2D eigenvalue weighted by atomic mass is 9.94. The molecule has 6 nitrogen and oxygen atoms in total. The van der Waals surface area contributed by atoms with E-state index >= 15 is 0 Å². The van der Waals surface area contributed by atoms with Crippen LogP contribution in [0.5, 0.6) is 0 Å². The summed E-state index contributed by atoms with van der Waals surface area (Å²) in [5.74, 6) is -1.34. The van der Waals surface area contributed by atoms with Gasteiger partial charge in [-0.2, -0.15) is 0 Å². The summed E-state index contributed by atoms with van der Waals surface area (Å²) < 4.78 is 6.27. The average molecular weight is 499 g/mol. The number of Topliss-reactive ketones (excluding diaryl/α,β-unsaturated/α-hetero) is 1. The number of hydrogen-bond donors (Lipinski definition) is 1. The number of rotatable bonds is 6. The molecule has 0 saturated carbocycles. The van der Waals surface area contributed by atoms with Gasteiger partial charge in [-0.3, -0.25) is 14.5 Å². The number of aliphatic hydroxyl groups excluding tert-OH is 1. The van der Waals surface area contributed by atoms with E-state index < -0.39 is 17.7 Å². The number of halogens is 1. The molecule has 2 fully saturated rings. The summed E-state index contributed by atoms with van der Waals surface area (Å²) in [5, 5.41) is 11.1. The third-order valence-electron chi connectivity index (χ3n) is 6.03. The van der Waals surface area contributed by atoms with Gasteiger partial charge in [0.2, 0.25) is 0 Å². The highest BCUT2D eigenvalue weighted by Crippen LogP contribution is 2.39. The van der Waals surface area contributed by atoms with Gasteiger partial charge in [0.1, 0.15) is 5.76 Å². The molecule has 4 rings (SSSR count). The number of carbonyl (C=O) groups excluding carboxylic acids is 2. The third kappa shape index (κ3) is 4.80. The number of likely N-dealkylation sites (tertiary alicyclic amines) is 1. The van der Waals surface area contributed by atoms with Gasteiger partial charge in [-0.25, -0.2) is 0 Å². The SMILES string of the molecule is Cc1ccc([C@@H]2C(=C(O)c3ccc(Br)cc3)C(=O)C(=O)N2CCCN2CCOCC2)cc1. The summed E-state index contributed by atoms with van der Waals surface area (Å²) in [6.07, 6.45) is 0.744. The Labute approximate surface area is 196 Å². The minimum absolute atomic E-state index is 0.142. The molecule has 0 bridgehead atoms. The summed E-state index contributed by atoms with van der Waals surface area (Å²) in [6.45, 7) is 6.47. The number of benzene rings is 2. The maximum atomic E-state index is 13.1. The normalized spacial score (nSPS) is 21.3. The highest BCUT2D eigenvalue weighted by molar-refractivity contribution is 9.10. The fourth-order valence-electron chi connectivity index (χ4n) is 4.26. The van der Waals surface area contributed by atoms with Crippen LogP contribution in [0.1, 0.15) is 29.2 Å². The van der Waals surface area contributed by atoms with Crippen molar-refractivity contribution >= 4 is 33.4 Å². The second-order valence-electron chi connectivity index (χ2n) is 8.22. The van der Waals surface area contributed by atoms with Crippen LogP contribution < -0.4 is 0 Å². The number of carbonyl (C=O) groups is 2. The van der Waals surface area contributed by atoms with Crippen molar-refractivity contribution in [1.29, 1.82) is 0 Å². The number of morpholine rings is 1. The molecule has 0 aromatic heterocycles. The minimum Gasteiger partial charge on any atom is -0.507 e. The molecule has 0 unspecified atom stereocenters. The maximum absolute atomic E-state index is 13.1. The second-order valence-corrected chi connectivity index (χ2v) is 9.13. The first-order chi connectivity index (χ1) is 15.5. The Kier molecular flexibility index (Phi) is 7.08. The molecule has 2 saturated heterocycles. The van der Waals surface area contributed by atoms with Gasteiger partial charge in [0.15, 0.2) is 0 Å². The van der Waals surface area contributed by atoms with Crippen molar-refractivity contribution in [1.82, 2.24) is 9.80 Å². The number of amides is 1. The summed E-state index contributed by atoms with van der Waals surface area (Å²) in [7, 11) is 0. The molecule has 0 radical (unpaired) electrons. The maximum Gasteiger partial charge on any atom is 0.295 e. The van der Waals surface area contributed by atoms with Crippen molar-refractivity contribution in [2.24, 2.45) is 0 Å². The molecule has 2 aromatic carbocycles. The molecular weight excluding hydrogens is 472 g/mol. The molecule has 0 spiro atoms. The number of aryl methyl sites for hydroxylation is 1. The van der Waals surface area contributed by atoms with Crippen LogP contribution in [-0.2, 0) is 14.3 Å². The highest BCUT2D eigenvalue weighted by atomic mass is 79.9. The van der Waals surface area contributed by atoms with Gasteiger partial charge >= 0.3 is 0 Å². The lowest BCUT2D eigenvalue weighted by Gasteiger charge is -2.29. The van der Waals surface area contributed by atoms with Crippen LogP contribution in [0.25, 0.3) is 5.76 Å². The Morgan fingerprint density at radius 3 is 2.34 bits per heavy atom. The van der Waals surface area contributed by atoms with E-state index in [1.54, 1.807) is 29.2 Å². The zero-order chi connectivity index (χ0) is 22.7. The number of nitrogens with zero attached hydrogens (tertiary/aromatic N) is 2. The Balaban J connectivity index is 1.66. The van der Waals surface area contributed by atoms with Crippen LogP contribution >= 0.6 is 15.9 Å². The number of aliphatic hydroxyl groups is 1. The summed E-state index contributed by atoms with van der Waals surface area (Å²) >= 11 is 3.39. The molecule has 2 heterocycles. The van der Waals surface area contributed by atoms with Gasteiger partial charge in [0.05, 0.1) is 24.8 Å². The van der Waals surface area contributed by atoms with Crippen LogP contribution in [0, 0.1) is 6.92 Å². The molecule has 2 aliphatic heterocycles. The summed E-state index contributed by atoms with van der Waals surface area (Å²) in [4.78, 5) is 30.0. The molecular formula is C25H27BrN2O4. The fraction of sp³-hybridized carbons (Fsp3) is 0.360. The Morgan fingerprint density at radius 1 is 1.03 bits per heavy atom. The Morgan fingerprint density at radius 2 is 1.69 bits per heavy atom. The topological polar surface area (TPSA) is 70.1 Å². The van der Waals surface area contributed by atoms with Crippen molar-refractivity contribution < 1.29 is 19.4 Å². The molecule has 2 aliphatic rings. The molecule has 168 valence electrons. The van der Waals surface area contributed by atoms with Crippen molar-refractivity contribution in [3.05, 3.63) is 75.3 Å². The number of ether oxygens (including phenoxy) is 1. The average Bonchev–Trinajstić information content (AvgIpc) is 3.05. The molecule has 2 aromatic rings. The van der Waals surface area contributed by atoms with Crippen molar-refractivity contribution in [2.75, 3.05) is 39.4 Å². The zero-order valence-corrected chi connectivity index (χ0v) is 19.7. The second kappa shape index (κ2) is 9.98. The molecule has 1 atom stereocenters. The predicted octanol–water partition coefficient (Wildman–Crippen LogP) is 3.90. The first kappa shape index (κ1) is 22.7. The van der Waals surface area contributed by atoms with E-state index in [4.69, 9.17) is 4.74 Å². The molecule has 1 amide bonds. The molecule has 7 heteroatoms. The van der Waals surface area contributed by atoms with Gasteiger partial charge in [-0.15, -0.1) is 0 Å². The largest absolute Gasteiger partial charge is 0.507 e. The minimum atomic E-state index is -0.637. The Hall–Kier alpha value is -2.48. The first-order valence-corrected chi connectivity index (χ1v) is 11.7. The van der Waals surface area contributed by atoms with Crippen LogP contribution in [0.4, 0.5) is 0 Å². The molecule has 32 heavy (non-hydrogen) atoms. The van der Waals surface area contributed by atoms with Crippen molar-refractivity contribution in [2.45, 2.75) is 19.4 Å². The van der Waals surface area contributed by atoms with Crippen LogP contribution in [-0.4, -0.2) is 66.0 Å². The van der Waals surface area contributed by atoms with Crippen LogP contribution in [0.3, 0.4) is 0 Å². The van der Waals surface area contributed by atoms with E-state index in [0.717, 1.165) is 54.9 Å². The van der Waals surface area contributed by atoms with E-state index in [9.17, 15) is 14.7 Å². The predicted molar refractivity (Wildman–Crippen MR) is 126 cm³/mol. The zero-order valence-electron chi connectivity index (χ0n) is 18.1. The fourth-order valence-corrected chi connectivity index (χ4v) is 4.52. The number of hydrogen-bond acceptors (Lipinski definition) is 5. The van der Waals surface area contributed by atoms with Gasteiger partial charge in [-0.05, 0) is 31.0 Å². The summed E-state index contributed by atoms with van der Waals surface area (Å²) in [5.41, 5.74) is 2.56. The van der Waals surface area contributed by atoms with E-state index in [0.29, 0.717) is 12.1 Å². The van der Waals surface area contributed by atoms with Crippen molar-refractivity contribution in [3.63, 3.8) is 0 Å². The van der Waals surface area contributed by atoms with Gasteiger partial charge in [0.25, 0.3) is 11.7 Å². The quantitative estimate of drug-likeness (QED) is 0.371. The van der Waals surface area contributed by atoms with Crippen LogP contribution in [0.2, 0.25) is 0 Å². The summed E-state index contributed by atoms with van der Waals surface area (Å²) in [6, 6.07) is 14.2. The smallest absolute Gasteiger partial charge is 0.295 e. The van der Waals surface area contributed by atoms with E-state index in [1.807, 2.05) is 31.2 Å². The number of ketones is 1. The van der Waals surface area contributed by atoms with E-state index in [2.05, 4.69) is 20.8 Å². The van der Waals surface area contributed by atoms with E-state index in [1.165, 1.54) is 0 Å². The lowest BCUT2D eigenvalue weighted by molar-refractivity contribution is -0.140. The standard InChI is InChI=1S/C25H27BrN2O4/c1-17-3-5-18(6-4-17)22-21(23(29)19-7-9-20(26)10-8-19)24(30)25(31)28(22)12-2-11-27-13-15-32-16-14-27/h3-10,22,29H,2,11-16H2,1H3/t22-/m1/s1. The highest BCUT2D eigenvalue weighted by Gasteiger charge is 2.45. The first-order valence-electron chi connectivity index (χ1n) is 10.9. The van der Waals surface area contributed by atoms with E-state index in [-0.39, 0.29) is 11.3 Å². The van der Waals surface area contributed by atoms with Crippen LogP contribution in [0.15, 0.2) is 58.6 Å². The van der Waals surface area contributed by atoms with Gasteiger partial charge in [-0.1, -0.05) is 57.9 Å². The van der Waals surface area contributed by atoms with Gasteiger partial charge < -0.3 is 14.7 Å². The molecule has 0 aliphatic carbocycles. The monoisotopic (exact) mass is 498 g/mol.